The van der Waals surface area contributed by atoms with E-state index in [9.17, 15) is 8.42 Å². The van der Waals surface area contributed by atoms with Gasteiger partial charge in [-0.2, -0.15) is 0 Å². The molecule has 0 aromatic carbocycles. The van der Waals surface area contributed by atoms with Gasteiger partial charge in [0.1, 0.15) is 0 Å². The summed E-state index contributed by atoms with van der Waals surface area (Å²) in [5, 5.41) is 2.82. The van der Waals surface area contributed by atoms with Crippen LogP contribution in [0.3, 0.4) is 0 Å². The largest absolute Gasteiger partial charge is 0.319 e. The molecule has 0 saturated carbocycles. The molecule has 0 spiro atoms. The maximum Gasteiger partial charge on any atom is 0.215 e. The molecule has 0 aromatic rings. The fraction of sp³-hybridized carbons (Fsp3) is 1.00. The third kappa shape index (κ3) is 3.51. The lowest BCUT2D eigenvalue weighted by Gasteiger charge is -2.17. The van der Waals surface area contributed by atoms with E-state index in [1.807, 2.05) is 13.8 Å². The molecular weight excluding hydrogens is 176 g/mol. The Labute approximate surface area is 75.0 Å². The molecule has 12 heavy (non-hydrogen) atoms. The fourth-order valence-corrected chi connectivity index (χ4v) is 2.48. The van der Waals surface area contributed by atoms with Crippen molar-refractivity contribution < 1.29 is 8.42 Å². The maximum atomic E-state index is 11.4. The van der Waals surface area contributed by atoms with Crippen LogP contribution in [0, 0.1) is 0 Å². The van der Waals surface area contributed by atoms with Gasteiger partial charge in [0, 0.05) is 19.6 Å². The lowest BCUT2D eigenvalue weighted by atomic mass is 10.7. The molecule has 0 saturated heterocycles. The molecule has 1 N–H and O–H groups in total. The Morgan fingerprint density at radius 1 is 1.25 bits per heavy atom. The summed E-state index contributed by atoms with van der Waals surface area (Å²) in [6.07, 6.45) is 0. The van der Waals surface area contributed by atoms with Crippen molar-refractivity contribution in [3.63, 3.8) is 0 Å². The van der Waals surface area contributed by atoms with Crippen LogP contribution in [0.4, 0.5) is 0 Å². The molecule has 0 amide bonds. The van der Waals surface area contributed by atoms with Crippen molar-refractivity contribution in [3.8, 4) is 0 Å². The summed E-state index contributed by atoms with van der Waals surface area (Å²) in [6.45, 7) is 5.32. The maximum absolute atomic E-state index is 11.4. The molecule has 0 bridgehead atoms. The van der Waals surface area contributed by atoms with Crippen LogP contribution in [-0.2, 0) is 10.0 Å². The van der Waals surface area contributed by atoms with Crippen LogP contribution < -0.4 is 5.32 Å². The molecule has 0 aliphatic rings. The summed E-state index contributed by atoms with van der Waals surface area (Å²) >= 11 is 0. The van der Waals surface area contributed by atoms with E-state index in [1.54, 1.807) is 7.05 Å². The van der Waals surface area contributed by atoms with Crippen LogP contribution in [0.15, 0.2) is 0 Å². The van der Waals surface area contributed by atoms with Gasteiger partial charge in [0.2, 0.25) is 10.0 Å². The molecule has 0 heterocycles. The minimum atomic E-state index is -3.01. The Balaban J connectivity index is 4.17. The minimum absolute atomic E-state index is 0.186. The van der Waals surface area contributed by atoms with Gasteiger partial charge in [0.25, 0.3) is 0 Å². The van der Waals surface area contributed by atoms with Crippen LogP contribution >= 0.6 is 0 Å². The zero-order chi connectivity index (χ0) is 9.61. The van der Waals surface area contributed by atoms with Crippen LogP contribution in [0.25, 0.3) is 0 Å². The highest BCUT2D eigenvalue weighted by atomic mass is 32.2. The minimum Gasteiger partial charge on any atom is -0.319 e. The highest BCUT2D eigenvalue weighted by molar-refractivity contribution is 7.89. The Morgan fingerprint density at radius 3 is 2.08 bits per heavy atom. The molecule has 0 aliphatic heterocycles. The monoisotopic (exact) mass is 194 g/mol. The molecule has 0 fully saturated rings. The lowest BCUT2D eigenvalue weighted by Crippen LogP contribution is -2.35. The van der Waals surface area contributed by atoms with Crippen LogP contribution in [-0.4, -0.2) is 45.2 Å². The third-order valence-corrected chi connectivity index (χ3v) is 3.73. The van der Waals surface area contributed by atoms with E-state index >= 15 is 0 Å². The van der Waals surface area contributed by atoms with E-state index in [2.05, 4.69) is 5.32 Å². The Bertz CT molecular complexity index is 197. The van der Waals surface area contributed by atoms with Crippen molar-refractivity contribution in [2.75, 3.05) is 32.4 Å². The number of hydrogen-bond donors (Lipinski definition) is 1. The van der Waals surface area contributed by atoms with Gasteiger partial charge in [0.15, 0.2) is 0 Å². The van der Waals surface area contributed by atoms with Gasteiger partial charge in [-0.1, -0.05) is 13.8 Å². The zero-order valence-corrected chi connectivity index (χ0v) is 8.82. The second-order valence-corrected chi connectivity index (χ2v) is 4.59. The van der Waals surface area contributed by atoms with Crippen molar-refractivity contribution >= 4 is 10.0 Å². The van der Waals surface area contributed by atoms with Gasteiger partial charge in [-0.3, -0.25) is 0 Å². The smallest absolute Gasteiger partial charge is 0.215 e. The van der Waals surface area contributed by atoms with Crippen molar-refractivity contribution in [2.24, 2.45) is 0 Å². The molecule has 0 rings (SSSR count). The highest BCUT2D eigenvalue weighted by Crippen LogP contribution is 1.99. The Hall–Kier alpha value is -0.130. The first-order valence-electron chi connectivity index (χ1n) is 4.20. The number of nitrogens with zero attached hydrogens (tertiary/aromatic N) is 1. The first-order chi connectivity index (χ1) is 5.58. The van der Waals surface area contributed by atoms with E-state index in [4.69, 9.17) is 0 Å². The molecule has 0 radical (unpaired) electrons. The standard InChI is InChI=1S/C7H18N2O2S/c1-4-9(5-2)12(10,11)7-6-8-3/h8H,4-7H2,1-3H3. The molecule has 0 aliphatic carbocycles. The SMILES string of the molecule is CCN(CC)S(=O)(=O)CCNC. The van der Waals surface area contributed by atoms with Gasteiger partial charge in [-0.15, -0.1) is 0 Å². The average Bonchev–Trinajstić information content (AvgIpc) is 2.03. The topological polar surface area (TPSA) is 49.4 Å². The summed E-state index contributed by atoms with van der Waals surface area (Å²) in [5.41, 5.74) is 0. The number of nitrogens with one attached hydrogen (secondary N) is 1. The zero-order valence-electron chi connectivity index (χ0n) is 8.00. The van der Waals surface area contributed by atoms with Gasteiger partial charge in [0.05, 0.1) is 5.75 Å². The van der Waals surface area contributed by atoms with Gasteiger partial charge < -0.3 is 5.32 Å². The average molecular weight is 194 g/mol. The van der Waals surface area contributed by atoms with E-state index in [1.165, 1.54) is 4.31 Å². The van der Waals surface area contributed by atoms with Gasteiger partial charge >= 0.3 is 0 Å². The molecule has 5 heteroatoms. The normalized spacial score (nSPS) is 12.3. The number of sulfonamides is 1. The molecule has 74 valence electrons. The van der Waals surface area contributed by atoms with E-state index < -0.39 is 10.0 Å². The molecule has 4 nitrogen and oxygen atoms in total. The summed E-state index contributed by atoms with van der Waals surface area (Å²) in [5.74, 6) is 0.186. The van der Waals surface area contributed by atoms with Gasteiger partial charge in [-0.25, -0.2) is 12.7 Å². The summed E-state index contributed by atoms with van der Waals surface area (Å²) in [6, 6.07) is 0. The highest BCUT2D eigenvalue weighted by Gasteiger charge is 2.16. The van der Waals surface area contributed by atoms with Crippen molar-refractivity contribution in [1.29, 1.82) is 0 Å². The first kappa shape index (κ1) is 11.9. The second kappa shape index (κ2) is 5.50. The predicted octanol–water partition coefficient (Wildman–Crippen LogP) is -0.123. The predicted molar refractivity (Wildman–Crippen MR) is 50.6 cm³/mol. The van der Waals surface area contributed by atoms with Crippen molar-refractivity contribution in [3.05, 3.63) is 0 Å². The van der Waals surface area contributed by atoms with E-state index in [0.717, 1.165) is 0 Å². The lowest BCUT2D eigenvalue weighted by molar-refractivity contribution is 0.444. The molecule has 0 atom stereocenters. The second-order valence-electron chi connectivity index (χ2n) is 2.50. The van der Waals surface area contributed by atoms with Crippen LogP contribution in [0.5, 0.6) is 0 Å². The number of hydrogen-bond acceptors (Lipinski definition) is 3. The fourth-order valence-electron chi connectivity index (χ4n) is 0.977. The van der Waals surface area contributed by atoms with E-state index in [0.29, 0.717) is 19.6 Å². The quantitative estimate of drug-likeness (QED) is 0.641. The van der Waals surface area contributed by atoms with E-state index in [-0.39, 0.29) is 5.75 Å². The third-order valence-electron chi connectivity index (χ3n) is 1.71. The van der Waals surface area contributed by atoms with Crippen LogP contribution in [0.1, 0.15) is 13.8 Å². The summed E-state index contributed by atoms with van der Waals surface area (Å²) in [4.78, 5) is 0. The van der Waals surface area contributed by atoms with Gasteiger partial charge in [-0.05, 0) is 7.05 Å². The summed E-state index contributed by atoms with van der Waals surface area (Å²) < 4.78 is 24.4. The molecule has 0 aromatic heterocycles. The Morgan fingerprint density at radius 2 is 1.75 bits per heavy atom. The molecular formula is C7H18N2O2S. The molecule has 0 unspecified atom stereocenters. The number of rotatable bonds is 6. The first-order valence-corrected chi connectivity index (χ1v) is 5.81. The van der Waals surface area contributed by atoms with Crippen molar-refractivity contribution in [1.82, 2.24) is 9.62 Å². The Kier molecular flexibility index (Phi) is 5.44. The van der Waals surface area contributed by atoms with Crippen LogP contribution in [0.2, 0.25) is 0 Å². The summed E-state index contributed by atoms with van der Waals surface area (Å²) in [7, 11) is -1.27. The van der Waals surface area contributed by atoms with Crippen molar-refractivity contribution in [2.45, 2.75) is 13.8 Å².